The second kappa shape index (κ2) is 5.79. The lowest BCUT2D eigenvalue weighted by atomic mass is 10.2. The molecule has 0 aliphatic heterocycles. The summed E-state index contributed by atoms with van der Waals surface area (Å²) in [5, 5.41) is 6.45. The molecule has 108 valence electrons. The normalized spacial score (nSPS) is 17.9. The lowest BCUT2D eigenvalue weighted by Crippen LogP contribution is -2.36. The predicted octanol–water partition coefficient (Wildman–Crippen LogP) is 1.05. The average molecular weight is 274 g/mol. The van der Waals surface area contributed by atoms with Crippen molar-refractivity contribution in [3.63, 3.8) is 0 Å². The van der Waals surface area contributed by atoms with Crippen molar-refractivity contribution in [2.45, 2.75) is 44.3 Å². The molecule has 0 atom stereocenters. The number of hydrogen-bond donors (Lipinski definition) is 2. The van der Waals surface area contributed by atoms with E-state index >= 15 is 0 Å². The highest BCUT2D eigenvalue weighted by molar-refractivity contribution is 5.81. The van der Waals surface area contributed by atoms with Crippen LogP contribution in [0.25, 0.3) is 0 Å². The van der Waals surface area contributed by atoms with Crippen LogP contribution in [0.2, 0.25) is 0 Å². The third kappa shape index (κ3) is 3.93. The minimum absolute atomic E-state index is 0.0799. The van der Waals surface area contributed by atoms with Crippen molar-refractivity contribution in [3.8, 4) is 0 Å². The van der Waals surface area contributed by atoms with Gasteiger partial charge in [-0.25, -0.2) is 4.98 Å². The van der Waals surface area contributed by atoms with Crippen molar-refractivity contribution in [1.29, 1.82) is 0 Å². The summed E-state index contributed by atoms with van der Waals surface area (Å²) in [5.41, 5.74) is 1.19. The zero-order valence-corrected chi connectivity index (χ0v) is 11.9. The Hall–Kier alpha value is -1.62. The molecule has 2 saturated carbocycles. The molecule has 0 unspecified atom stereocenters. The van der Waals surface area contributed by atoms with Gasteiger partial charge in [-0.3, -0.25) is 4.79 Å². The lowest BCUT2D eigenvalue weighted by molar-refractivity contribution is -0.119. The summed E-state index contributed by atoms with van der Waals surface area (Å²) in [6.07, 6.45) is 6.72. The smallest absolute Gasteiger partial charge is 0.239 e. The largest absolute Gasteiger partial charge is 0.352 e. The number of amides is 1. The fourth-order valence-corrected chi connectivity index (χ4v) is 2.09. The minimum Gasteiger partial charge on any atom is -0.352 e. The van der Waals surface area contributed by atoms with Crippen molar-refractivity contribution in [1.82, 2.24) is 15.6 Å². The van der Waals surface area contributed by atoms with Gasteiger partial charge in [-0.15, -0.1) is 0 Å². The van der Waals surface area contributed by atoms with Crippen molar-refractivity contribution in [3.05, 3.63) is 23.9 Å². The molecule has 0 radical (unpaired) electrons. The minimum atomic E-state index is 0.0799. The van der Waals surface area contributed by atoms with Crippen LogP contribution in [0, 0.1) is 0 Å². The number of likely N-dealkylation sites (N-methyl/N-ethyl adjacent to an activating group) is 1. The van der Waals surface area contributed by atoms with Crippen LogP contribution in [-0.2, 0) is 11.3 Å². The van der Waals surface area contributed by atoms with Gasteiger partial charge in [0.1, 0.15) is 5.82 Å². The molecule has 3 rings (SSSR count). The zero-order chi connectivity index (χ0) is 13.9. The molecule has 1 aromatic rings. The third-order valence-electron chi connectivity index (χ3n) is 3.70. The second-order valence-corrected chi connectivity index (χ2v) is 5.88. The number of carbonyl (C=O) groups excluding carboxylic acids is 1. The van der Waals surface area contributed by atoms with E-state index in [1.165, 1.54) is 18.4 Å². The van der Waals surface area contributed by atoms with E-state index < -0.39 is 0 Å². The first kappa shape index (κ1) is 13.4. The number of hydrogen-bond acceptors (Lipinski definition) is 4. The Morgan fingerprint density at radius 3 is 2.65 bits per heavy atom. The highest BCUT2D eigenvalue weighted by Crippen LogP contribution is 2.20. The van der Waals surface area contributed by atoms with Gasteiger partial charge in [0.05, 0.1) is 6.54 Å². The summed E-state index contributed by atoms with van der Waals surface area (Å²) in [4.78, 5) is 18.1. The monoisotopic (exact) mass is 274 g/mol. The highest BCUT2D eigenvalue weighted by atomic mass is 16.2. The number of carbonyl (C=O) groups is 1. The molecule has 1 heterocycles. The summed E-state index contributed by atoms with van der Waals surface area (Å²) >= 11 is 0. The summed E-state index contributed by atoms with van der Waals surface area (Å²) in [5.74, 6) is 0.919. The first-order valence-corrected chi connectivity index (χ1v) is 7.39. The number of nitrogens with zero attached hydrogens (tertiary/aromatic N) is 2. The summed E-state index contributed by atoms with van der Waals surface area (Å²) in [6.45, 7) is 1.24. The first-order chi connectivity index (χ1) is 9.70. The number of aromatic nitrogens is 1. The zero-order valence-electron chi connectivity index (χ0n) is 11.9. The van der Waals surface area contributed by atoms with Gasteiger partial charge < -0.3 is 15.5 Å². The van der Waals surface area contributed by atoms with Gasteiger partial charge in [0, 0.05) is 31.9 Å². The van der Waals surface area contributed by atoms with Gasteiger partial charge in [0.2, 0.25) is 5.91 Å². The Labute approximate surface area is 119 Å². The second-order valence-electron chi connectivity index (χ2n) is 5.88. The number of nitrogens with one attached hydrogen (secondary N) is 2. The highest BCUT2D eigenvalue weighted by Gasteiger charge is 2.23. The Bertz CT molecular complexity index is 465. The van der Waals surface area contributed by atoms with Crippen LogP contribution in [0.3, 0.4) is 0 Å². The molecule has 1 aromatic heterocycles. The molecule has 0 spiro atoms. The van der Waals surface area contributed by atoms with Crippen molar-refractivity contribution in [2.24, 2.45) is 0 Å². The molecule has 20 heavy (non-hydrogen) atoms. The Morgan fingerprint density at radius 1 is 1.30 bits per heavy atom. The first-order valence-electron chi connectivity index (χ1n) is 7.39. The predicted molar refractivity (Wildman–Crippen MR) is 78.5 cm³/mol. The van der Waals surface area contributed by atoms with E-state index in [1.54, 1.807) is 0 Å². The van der Waals surface area contributed by atoms with Gasteiger partial charge in [-0.1, -0.05) is 6.07 Å². The van der Waals surface area contributed by atoms with Crippen LogP contribution in [0.4, 0.5) is 5.82 Å². The van der Waals surface area contributed by atoms with Crippen LogP contribution in [0.1, 0.15) is 31.2 Å². The van der Waals surface area contributed by atoms with Gasteiger partial charge in [0.15, 0.2) is 0 Å². The molecule has 2 aliphatic carbocycles. The van der Waals surface area contributed by atoms with E-state index in [1.807, 2.05) is 24.2 Å². The molecule has 2 aliphatic rings. The Kier molecular flexibility index (Phi) is 3.87. The van der Waals surface area contributed by atoms with Crippen molar-refractivity contribution >= 4 is 11.7 Å². The standard InChI is InChI=1S/C15H22N4O/c1-19(10-15(20)18-13-5-6-13)14-7-2-11(9-17-14)8-16-12-3-4-12/h2,7,9,12-13,16H,3-6,8,10H2,1H3,(H,18,20). The Morgan fingerprint density at radius 2 is 2.05 bits per heavy atom. The molecule has 1 amide bonds. The molecule has 5 heteroatoms. The molecule has 5 nitrogen and oxygen atoms in total. The van der Waals surface area contributed by atoms with Gasteiger partial charge in [-0.2, -0.15) is 0 Å². The van der Waals surface area contributed by atoms with E-state index in [2.05, 4.69) is 21.7 Å². The Balaban J connectivity index is 1.48. The molecule has 2 N–H and O–H groups in total. The number of rotatable bonds is 7. The maximum Gasteiger partial charge on any atom is 0.239 e. The fourth-order valence-electron chi connectivity index (χ4n) is 2.09. The number of pyridine rings is 1. The molecule has 2 fully saturated rings. The van der Waals surface area contributed by atoms with Crippen molar-refractivity contribution < 1.29 is 4.79 Å². The lowest BCUT2D eigenvalue weighted by Gasteiger charge is -2.17. The van der Waals surface area contributed by atoms with E-state index in [0.717, 1.165) is 25.2 Å². The topological polar surface area (TPSA) is 57.3 Å². The van der Waals surface area contributed by atoms with Crippen LogP contribution in [0.5, 0.6) is 0 Å². The van der Waals surface area contributed by atoms with Gasteiger partial charge in [-0.05, 0) is 37.3 Å². The fraction of sp³-hybridized carbons (Fsp3) is 0.600. The van der Waals surface area contributed by atoms with E-state index in [4.69, 9.17) is 0 Å². The van der Waals surface area contributed by atoms with Gasteiger partial charge in [0.25, 0.3) is 0 Å². The summed E-state index contributed by atoms with van der Waals surface area (Å²) in [7, 11) is 1.90. The maximum absolute atomic E-state index is 11.7. The van der Waals surface area contributed by atoms with E-state index in [0.29, 0.717) is 18.6 Å². The van der Waals surface area contributed by atoms with E-state index in [-0.39, 0.29) is 5.91 Å². The summed E-state index contributed by atoms with van der Waals surface area (Å²) in [6, 6.07) is 5.18. The van der Waals surface area contributed by atoms with Crippen LogP contribution < -0.4 is 15.5 Å². The van der Waals surface area contributed by atoms with Crippen LogP contribution in [0.15, 0.2) is 18.3 Å². The summed E-state index contributed by atoms with van der Waals surface area (Å²) < 4.78 is 0. The molecule has 0 saturated heterocycles. The molecular weight excluding hydrogens is 252 g/mol. The quantitative estimate of drug-likeness (QED) is 0.780. The SMILES string of the molecule is CN(CC(=O)NC1CC1)c1ccc(CNC2CC2)cn1. The third-order valence-corrected chi connectivity index (χ3v) is 3.70. The average Bonchev–Trinajstić information content (AvgIpc) is 3.31. The van der Waals surface area contributed by atoms with Crippen molar-refractivity contribution in [2.75, 3.05) is 18.5 Å². The van der Waals surface area contributed by atoms with Gasteiger partial charge >= 0.3 is 0 Å². The van der Waals surface area contributed by atoms with Crippen LogP contribution in [-0.4, -0.2) is 36.6 Å². The van der Waals surface area contributed by atoms with E-state index in [9.17, 15) is 4.79 Å². The molecular formula is C15H22N4O. The molecule has 0 aromatic carbocycles. The molecule has 0 bridgehead atoms. The number of anilines is 1. The maximum atomic E-state index is 11.7. The van der Waals surface area contributed by atoms with Crippen LogP contribution >= 0.6 is 0 Å².